The minimum absolute atomic E-state index is 0.0236. The van der Waals surface area contributed by atoms with E-state index in [2.05, 4.69) is 4.98 Å². The van der Waals surface area contributed by atoms with Crippen molar-refractivity contribution in [1.82, 2.24) is 9.97 Å². The summed E-state index contributed by atoms with van der Waals surface area (Å²) in [5, 5.41) is 9.01. The lowest BCUT2D eigenvalue weighted by atomic mass is 9.80. The van der Waals surface area contributed by atoms with Gasteiger partial charge in [0.1, 0.15) is 23.8 Å². The number of carboxylic acid groups (broad SMARTS) is 1. The molecule has 2 aliphatic rings. The van der Waals surface area contributed by atoms with Crippen molar-refractivity contribution in [2.45, 2.75) is 56.5 Å². The Morgan fingerprint density at radius 1 is 1.04 bits per heavy atom. The summed E-state index contributed by atoms with van der Waals surface area (Å²) in [6.07, 6.45) is -10.1. The fraction of sp³-hybridized carbons (Fsp3) is 0.455. The molecule has 0 aliphatic carbocycles. The van der Waals surface area contributed by atoms with Crippen LogP contribution in [-0.4, -0.2) is 72.8 Å². The van der Waals surface area contributed by atoms with Crippen LogP contribution in [0.25, 0.3) is 0 Å². The van der Waals surface area contributed by atoms with E-state index in [1.165, 1.54) is 18.2 Å². The predicted octanol–water partition coefficient (Wildman–Crippen LogP) is 5.97. The van der Waals surface area contributed by atoms with E-state index in [1.807, 2.05) is 4.90 Å². The molecule has 2 aliphatic heterocycles. The average molecular weight is 712 g/mol. The van der Waals surface area contributed by atoms with Gasteiger partial charge in [0.25, 0.3) is 0 Å². The lowest BCUT2D eigenvalue weighted by molar-refractivity contribution is -0.143. The molecule has 11 nitrogen and oxygen atoms in total. The number of nitrogens with zero attached hydrogens (tertiary/aromatic N) is 4. The minimum atomic E-state index is -5.03. The van der Waals surface area contributed by atoms with Crippen LogP contribution in [0.1, 0.15) is 65.9 Å². The Bertz CT molecular complexity index is 1700. The van der Waals surface area contributed by atoms with Gasteiger partial charge in [-0.25, -0.2) is 14.8 Å². The molecule has 1 fully saturated rings. The van der Waals surface area contributed by atoms with Crippen molar-refractivity contribution in [2.24, 2.45) is 5.73 Å². The van der Waals surface area contributed by atoms with Crippen LogP contribution in [-0.2, 0) is 33.0 Å². The van der Waals surface area contributed by atoms with Gasteiger partial charge < -0.3 is 30.0 Å². The number of rotatable bonds is 9. The number of benzene rings is 2. The number of alkyl halides is 6. The summed E-state index contributed by atoms with van der Waals surface area (Å²) in [6, 6.07) is 6.25. The molecule has 1 aromatic heterocycles. The second-order valence-electron chi connectivity index (χ2n) is 12.0. The molecular formula is C33H35F6N5O6. The largest absolute Gasteiger partial charge is 0.497 e. The van der Waals surface area contributed by atoms with Crippen molar-refractivity contribution in [2.75, 3.05) is 49.8 Å². The Kier molecular flexibility index (Phi) is 10.5. The first-order valence-corrected chi connectivity index (χ1v) is 15.7. The summed E-state index contributed by atoms with van der Waals surface area (Å²) in [5.74, 6) is -1.32. The summed E-state index contributed by atoms with van der Waals surface area (Å²) in [7, 11) is 1.44. The molecule has 1 amide bonds. The summed E-state index contributed by atoms with van der Waals surface area (Å²) in [5.41, 5.74) is 3.71. The van der Waals surface area contributed by atoms with Crippen LogP contribution < -0.4 is 20.3 Å². The first kappa shape index (κ1) is 36.6. The monoisotopic (exact) mass is 711 g/mol. The van der Waals surface area contributed by atoms with E-state index < -0.39 is 66.6 Å². The van der Waals surface area contributed by atoms with E-state index in [0.717, 1.165) is 0 Å². The first-order valence-electron chi connectivity index (χ1n) is 15.7. The van der Waals surface area contributed by atoms with Gasteiger partial charge in [-0.05, 0) is 60.4 Å². The molecule has 0 spiro atoms. The lowest BCUT2D eigenvalue weighted by Crippen LogP contribution is -2.61. The van der Waals surface area contributed by atoms with Gasteiger partial charge in [-0.2, -0.15) is 26.3 Å². The van der Waals surface area contributed by atoms with E-state index in [-0.39, 0.29) is 36.0 Å². The maximum Gasteiger partial charge on any atom is 0.416 e. The number of amides is 1. The number of hydrogen-bond donors (Lipinski definition) is 2. The number of nitrogens with two attached hydrogens (primary N) is 1. The van der Waals surface area contributed by atoms with E-state index >= 15 is 0 Å². The number of aromatic nitrogens is 2. The van der Waals surface area contributed by atoms with Crippen molar-refractivity contribution in [3.63, 3.8) is 0 Å². The second-order valence-corrected chi connectivity index (χ2v) is 12.0. The van der Waals surface area contributed by atoms with Gasteiger partial charge in [-0.1, -0.05) is 6.92 Å². The summed E-state index contributed by atoms with van der Waals surface area (Å²) in [4.78, 5) is 36.9. The smallest absolute Gasteiger partial charge is 0.416 e. The zero-order valence-corrected chi connectivity index (χ0v) is 27.1. The summed E-state index contributed by atoms with van der Waals surface area (Å²) >= 11 is 0. The van der Waals surface area contributed by atoms with E-state index in [9.17, 15) is 35.9 Å². The van der Waals surface area contributed by atoms with Crippen molar-refractivity contribution in [3.05, 3.63) is 76.4 Å². The zero-order chi connectivity index (χ0) is 36.4. The quantitative estimate of drug-likeness (QED) is 0.255. The second kappa shape index (κ2) is 14.3. The molecule has 3 heterocycles. The molecule has 3 aromatic rings. The van der Waals surface area contributed by atoms with Gasteiger partial charge in [0.2, 0.25) is 0 Å². The van der Waals surface area contributed by atoms with Crippen LogP contribution in [0, 0.1) is 0 Å². The van der Waals surface area contributed by atoms with E-state index in [0.29, 0.717) is 61.1 Å². The van der Waals surface area contributed by atoms with Crippen LogP contribution in [0.5, 0.6) is 5.75 Å². The van der Waals surface area contributed by atoms with Crippen LogP contribution in [0.3, 0.4) is 0 Å². The van der Waals surface area contributed by atoms with Gasteiger partial charge in [-0.3, -0.25) is 9.69 Å². The number of aliphatic carboxylic acids is 1. The zero-order valence-electron chi connectivity index (χ0n) is 27.1. The maximum absolute atomic E-state index is 13.8. The number of carbonyl (C=O) groups excluding carboxylic acids is 1. The van der Waals surface area contributed by atoms with Gasteiger partial charge in [-0.15, -0.1) is 0 Å². The van der Waals surface area contributed by atoms with E-state index in [1.54, 1.807) is 25.1 Å². The molecule has 50 heavy (non-hydrogen) atoms. The maximum atomic E-state index is 13.8. The number of halogens is 6. The summed E-state index contributed by atoms with van der Waals surface area (Å²) < 4.78 is 98.7. The number of methoxy groups -OCH3 is 1. The number of fused-ring (bicyclic) bond motifs is 1. The molecule has 0 unspecified atom stereocenters. The number of morpholine rings is 1. The number of carboxylic acids is 1. The molecule has 1 saturated heterocycles. The van der Waals surface area contributed by atoms with E-state index in [4.69, 9.17) is 30.0 Å². The Hall–Kier alpha value is -4.64. The molecule has 0 bridgehead atoms. The Balaban J connectivity index is 1.63. The van der Waals surface area contributed by atoms with Gasteiger partial charge in [0.15, 0.2) is 0 Å². The fourth-order valence-electron chi connectivity index (χ4n) is 6.15. The lowest BCUT2D eigenvalue weighted by Gasteiger charge is -2.46. The van der Waals surface area contributed by atoms with Crippen LogP contribution >= 0.6 is 0 Å². The molecule has 2 atom stereocenters. The number of carbonyl (C=O) groups is 2. The molecule has 2 aromatic carbocycles. The molecule has 17 heteroatoms. The highest BCUT2D eigenvalue weighted by atomic mass is 19.4. The SMILES string of the molecule is CC[C@]1(N)C[C@H](c2ncc(N3CCOCC3)c(Cc3cc(C(F)(F)F)cc(C(F)(F)F)c3)n2)c2cc(OC)ccc2N1C(=O)OCCC(=O)O. The highest BCUT2D eigenvalue weighted by Crippen LogP contribution is 2.47. The third-order valence-electron chi connectivity index (χ3n) is 8.74. The topological polar surface area (TPSA) is 140 Å². The number of anilines is 2. The minimum Gasteiger partial charge on any atom is -0.497 e. The number of ether oxygens (including phenoxy) is 3. The Morgan fingerprint density at radius 3 is 2.28 bits per heavy atom. The summed E-state index contributed by atoms with van der Waals surface area (Å²) in [6.45, 7) is 2.78. The van der Waals surface area contributed by atoms with Crippen molar-refractivity contribution in [1.29, 1.82) is 0 Å². The van der Waals surface area contributed by atoms with Crippen LogP contribution in [0.2, 0.25) is 0 Å². The fourth-order valence-corrected chi connectivity index (χ4v) is 6.15. The van der Waals surface area contributed by atoms with Crippen molar-refractivity contribution in [3.8, 4) is 5.75 Å². The highest BCUT2D eigenvalue weighted by Gasteiger charge is 2.46. The highest BCUT2D eigenvalue weighted by molar-refractivity contribution is 5.91. The Morgan fingerprint density at radius 2 is 1.70 bits per heavy atom. The van der Waals surface area contributed by atoms with Gasteiger partial charge >= 0.3 is 24.4 Å². The van der Waals surface area contributed by atoms with Crippen molar-refractivity contribution >= 4 is 23.4 Å². The van der Waals surface area contributed by atoms with Crippen LogP contribution in [0.15, 0.2) is 42.6 Å². The van der Waals surface area contributed by atoms with Crippen LogP contribution in [0.4, 0.5) is 42.5 Å². The molecule has 270 valence electrons. The molecule has 0 saturated carbocycles. The van der Waals surface area contributed by atoms with Gasteiger partial charge in [0.05, 0.1) is 61.1 Å². The molecule has 5 rings (SSSR count). The van der Waals surface area contributed by atoms with Gasteiger partial charge in [0, 0.05) is 25.4 Å². The standard InChI is InChI=1S/C33H35F6N5O6/c1-3-31(40)17-24(23-16-22(48-2)4-5-26(23)44(31)30(47)50-9-6-28(45)46)29-41-18-27(43-7-10-49-11-8-43)25(42-29)14-19-12-20(32(34,35)36)15-21(13-19)33(37,38)39/h4-5,12-13,15-16,18,24H,3,6-11,14,17,40H2,1-2H3,(H,45,46)/t24-,31+/m0/s1. The molecular weight excluding hydrogens is 676 g/mol. The Labute approximate surface area is 282 Å². The predicted molar refractivity (Wildman–Crippen MR) is 167 cm³/mol. The van der Waals surface area contributed by atoms with Crippen molar-refractivity contribution < 1.29 is 55.2 Å². The normalized spacial score (nSPS) is 19.6. The molecule has 3 N–H and O–H groups in total. The first-order chi connectivity index (χ1) is 23.5. The number of hydrogen-bond acceptors (Lipinski definition) is 9. The molecule has 0 radical (unpaired) electrons. The average Bonchev–Trinajstić information content (AvgIpc) is 3.07. The third kappa shape index (κ3) is 7.88. The third-order valence-corrected chi connectivity index (χ3v) is 8.74.